The molecule has 0 unspecified atom stereocenters. The lowest BCUT2D eigenvalue weighted by atomic mass is 10.3. The molecule has 6 heteroatoms. The second-order valence-electron chi connectivity index (χ2n) is 2.34. The topological polar surface area (TPSA) is 58.6 Å². The third-order valence-electron chi connectivity index (χ3n) is 1.42. The molecule has 4 nitrogen and oxygen atoms in total. The molecule has 0 saturated carbocycles. The van der Waals surface area contributed by atoms with E-state index < -0.39 is 0 Å². The van der Waals surface area contributed by atoms with Crippen molar-refractivity contribution in [2.24, 2.45) is 0 Å². The fourth-order valence-corrected chi connectivity index (χ4v) is 1.54. The van der Waals surface area contributed by atoms with Crippen LogP contribution < -0.4 is 4.87 Å². The number of rotatable bonds is 1. The maximum atomic E-state index is 10.8. The summed E-state index contributed by atoms with van der Waals surface area (Å²) in [7, 11) is 0. The second-order valence-corrected chi connectivity index (χ2v) is 3.51. The Hall–Kier alpha value is -1.20. The molecular formula is C7H4ClN3OS. The molecule has 2 rings (SSSR count). The fraction of sp³-hybridized carbons (Fsp3) is 0. The number of H-pyrrole nitrogens is 1. The van der Waals surface area contributed by atoms with Gasteiger partial charge in [-0.25, -0.2) is 0 Å². The van der Waals surface area contributed by atoms with E-state index in [1.54, 1.807) is 12.3 Å². The molecule has 66 valence electrons. The van der Waals surface area contributed by atoms with Crippen molar-refractivity contribution in [2.75, 3.05) is 0 Å². The average molecular weight is 214 g/mol. The lowest BCUT2D eigenvalue weighted by Gasteiger charge is -1.94. The van der Waals surface area contributed by atoms with Gasteiger partial charge in [0.2, 0.25) is 0 Å². The Kier molecular flexibility index (Phi) is 2.12. The molecule has 0 fully saturated rings. The van der Waals surface area contributed by atoms with Crippen LogP contribution in [0.3, 0.4) is 0 Å². The van der Waals surface area contributed by atoms with Crippen LogP contribution in [0, 0.1) is 0 Å². The van der Waals surface area contributed by atoms with Gasteiger partial charge in [0, 0.05) is 29.5 Å². The molecule has 13 heavy (non-hydrogen) atoms. The van der Waals surface area contributed by atoms with Gasteiger partial charge in [-0.2, -0.15) is 4.37 Å². The summed E-state index contributed by atoms with van der Waals surface area (Å²) in [4.78, 5) is 17.1. The van der Waals surface area contributed by atoms with Crippen molar-refractivity contribution in [3.8, 4) is 11.4 Å². The van der Waals surface area contributed by atoms with Gasteiger partial charge in [0.05, 0.1) is 5.02 Å². The van der Waals surface area contributed by atoms with Crippen LogP contribution >= 0.6 is 23.1 Å². The zero-order valence-corrected chi connectivity index (χ0v) is 7.89. The molecule has 0 spiro atoms. The van der Waals surface area contributed by atoms with Gasteiger partial charge in [0.25, 0.3) is 0 Å². The molecule has 0 radical (unpaired) electrons. The summed E-state index contributed by atoms with van der Waals surface area (Å²) >= 11 is 6.60. The monoisotopic (exact) mass is 213 g/mol. The summed E-state index contributed by atoms with van der Waals surface area (Å²) in [5, 5.41) is 0.520. The van der Waals surface area contributed by atoms with Gasteiger partial charge in [-0.15, -0.1) is 0 Å². The Morgan fingerprint density at radius 1 is 1.46 bits per heavy atom. The highest BCUT2D eigenvalue weighted by Gasteiger charge is 2.02. The van der Waals surface area contributed by atoms with Crippen molar-refractivity contribution < 1.29 is 0 Å². The molecule has 2 aromatic heterocycles. The van der Waals surface area contributed by atoms with Crippen LogP contribution in [0.25, 0.3) is 11.4 Å². The minimum atomic E-state index is -0.185. The van der Waals surface area contributed by atoms with E-state index in [0.717, 1.165) is 11.5 Å². The van der Waals surface area contributed by atoms with Crippen molar-refractivity contribution in [2.45, 2.75) is 0 Å². The highest BCUT2D eigenvalue weighted by molar-refractivity contribution is 7.03. The first-order valence-electron chi connectivity index (χ1n) is 3.42. The summed E-state index contributed by atoms with van der Waals surface area (Å²) in [5.41, 5.74) is 0.714. The number of nitrogens with zero attached hydrogens (tertiary/aromatic N) is 2. The van der Waals surface area contributed by atoms with Gasteiger partial charge in [0.15, 0.2) is 5.82 Å². The summed E-state index contributed by atoms with van der Waals surface area (Å²) in [6.45, 7) is 0. The van der Waals surface area contributed by atoms with E-state index in [4.69, 9.17) is 11.6 Å². The van der Waals surface area contributed by atoms with Gasteiger partial charge >= 0.3 is 4.87 Å². The Bertz CT molecular complexity index is 478. The normalized spacial score (nSPS) is 10.2. The van der Waals surface area contributed by atoms with E-state index in [-0.39, 0.29) is 4.87 Å². The Morgan fingerprint density at radius 3 is 2.92 bits per heavy atom. The minimum absolute atomic E-state index is 0.185. The van der Waals surface area contributed by atoms with Crippen LogP contribution in [0.4, 0.5) is 0 Å². The Balaban J connectivity index is 2.52. The highest BCUT2D eigenvalue weighted by Crippen LogP contribution is 2.16. The Morgan fingerprint density at radius 2 is 2.31 bits per heavy atom. The zero-order chi connectivity index (χ0) is 9.26. The maximum Gasteiger partial charge on any atom is 0.323 e. The van der Waals surface area contributed by atoms with E-state index in [0.29, 0.717) is 16.4 Å². The van der Waals surface area contributed by atoms with Crippen LogP contribution in [-0.2, 0) is 0 Å². The first-order chi connectivity index (χ1) is 6.25. The number of aromatic amines is 1. The lowest BCUT2D eigenvalue weighted by molar-refractivity contribution is 1.25. The van der Waals surface area contributed by atoms with Crippen molar-refractivity contribution in [3.05, 3.63) is 33.2 Å². The number of halogens is 1. The average Bonchev–Trinajstić information content (AvgIpc) is 2.52. The fourth-order valence-electron chi connectivity index (χ4n) is 0.896. The van der Waals surface area contributed by atoms with E-state index in [1.807, 2.05) is 0 Å². The molecule has 0 bridgehead atoms. The number of hydrogen-bond acceptors (Lipinski definition) is 4. The molecule has 2 heterocycles. The van der Waals surface area contributed by atoms with Gasteiger partial charge in [-0.05, 0) is 6.07 Å². The first-order valence-corrected chi connectivity index (χ1v) is 4.58. The summed E-state index contributed by atoms with van der Waals surface area (Å²) in [6, 6.07) is 1.69. The van der Waals surface area contributed by atoms with Crippen molar-refractivity contribution in [1.29, 1.82) is 0 Å². The third-order valence-corrected chi connectivity index (χ3v) is 2.17. The number of hydrogen-bond donors (Lipinski definition) is 1. The molecule has 0 aliphatic heterocycles. The summed E-state index contributed by atoms with van der Waals surface area (Å²) < 4.78 is 3.90. The predicted octanol–water partition coefficient (Wildman–Crippen LogP) is 1.55. The van der Waals surface area contributed by atoms with E-state index >= 15 is 0 Å². The smallest absolute Gasteiger partial charge is 0.296 e. The molecule has 0 atom stereocenters. The zero-order valence-electron chi connectivity index (χ0n) is 6.32. The molecule has 0 aliphatic rings. The molecule has 1 N–H and O–H groups in total. The van der Waals surface area contributed by atoms with Gasteiger partial charge in [0.1, 0.15) is 0 Å². The largest absolute Gasteiger partial charge is 0.323 e. The van der Waals surface area contributed by atoms with Crippen LogP contribution in [0.15, 0.2) is 23.3 Å². The van der Waals surface area contributed by atoms with Crippen LogP contribution in [0.1, 0.15) is 0 Å². The minimum Gasteiger partial charge on any atom is -0.296 e. The van der Waals surface area contributed by atoms with Crippen molar-refractivity contribution in [3.63, 3.8) is 0 Å². The van der Waals surface area contributed by atoms with E-state index in [1.165, 1.54) is 6.20 Å². The van der Waals surface area contributed by atoms with Crippen molar-refractivity contribution in [1.82, 2.24) is 14.3 Å². The maximum absolute atomic E-state index is 10.8. The quantitative estimate of drug-likeness (QED) is 0.782. The van der Waals surface area contributed by atoms with Gasteiger partial charge in [-0.3, -0.25) is 14.8 Å². The second kappa shape index (κ2) is 3.27. The predicted molar refractivity (Wildman–Crippen MR) is 51.0 cm³/mol. The van der Waals surface area contributed by atoms with Crippen LogP contribution in [0.2, 0.25) is 5.02 Å². The molecular weight excluding hydrogens is 210 g/mol. The Labute approximate surface area is 82.4 Å². The molecule has 0 saturated heterocycles. The first kappa shape index (κ1) is 8.40. The molecule has 0 aromatic carbocycles. The van der Waals surface area contributed by atoms with Crippen LogP contribution in [-0.4, -0.2) is 14.3 Å². The standard InChI is InChI=1S/C7H4ClN3OS/c8-5-1-4(2-9-3-5)6-10-7(12)13-11-6/h1-3H,(H,10,11,12). The van der Waals surface area contributed by atoms with Crippen molar-refractivity contribution >= 4 is 23.1 Å². The highest BCUT2D eigenvalue weighted by atomic mass is 35.5. The van der Waals surface area contributed by atoms with Gasteiger partial charge in [-0.1, -0.05) is 11.6 Å². The molecule has 0 aliphatic carbocycles. The SMILES string of the molecule is O=c1[nH]c(-c2cncc(Cl)c2)ns1. The number of pyridine rings is 1. The third kappa shape index (κ3) is 1.76. The number of aromatic nitrogens is 3. The summed E-state index contributed by atoms with van der Waals surface area (Å²) in [5.74, 6) is 0.505. The lowest BCUT2D eigenvalue weighted by Crippen LogP contribution is -1.92. The van der Waals surface area contributed by atoms with Gasteiger partial charge < -0.3 is 0 Å². The molecule has 0 amide bonds. The summed E-state index contributed by atoms with van der Waals surface area (Å²) in [6.07, 6.45) is 3.12. The van der Waals surface area contributed by atoms with Crippen LogP contribution in [0.5, 0.6) is 0 Å². The van der Waals surface area contributed by atoms with E-state index in [2.05, 4.69) is 14.3 Å². The van der Waals surface area contributed by atoms with E-state index in [9.17, 15) is 4.79 Å². The number of nitrogens with one attached hydrogen (secondary N) is 1. The molecule has 2 aromatic rings.